The molecule has 2 N–H and O–H groups in total. The number of hydrogen-bond donors (Lipinski definition) is 1. The van der Waals surface area contributed by atoms with E-state index in [0.717, 1.165) is 14.9 Å². The van der Waals surface area contributed by atoms with Crippen LogP contribution in [-0.2, 0) is 6.42 Å². The van der Waals surface area contributed by atoms with Gasteiger partial charge in [-0.25, -0.2) is 4.39 Å². The van der Waals surface area contributed by atoms with Crippen molar-refractivity contribution < 1.29 is 4.39 Å². The Bertz CT molecular complexity index is 527. The Labute approximate surface area is 120 Å². The number of nitrogens with two attached hydrogens (primary N) is 1. The van der Waals surface area contributed by atoms with Crippen molar-refractivity contribution in [3.8, 4) is 0 Å². The van der Waals surface area contributed by atoms with E-state index in [-0.39, 0.29) is 11.9 Å². The standard InChI is InChI=1S/C12H10Br2FNS/c13-8-4-5-17-12(8)10(16)6-7-2-1-3-9(15)11(7)14/h1-5,10H,6,16H2. The number of rotatable bonds is 3. The molecule has 0 aliphatic rings. The first-order valence-electron chi connectivity index (χ1n) is 5.01. The predicted octanol–water partition coefficient (Wildman–Crippen LogP) is 4.65. The molecule has 1 atom stereocenters. The van der Waals surface area contributed by atoms with Crippen molar-refractivity contribution in [3.63, 3.8) is 0 Å². The zero-order valence-electron chi connectivity index (χ0n) is 8.79. The summed E-state index contributed by atoms with van der Waals surface area (Å²) in [6.07, 6.45) is 0.609. The Morgan fingerprint density at radius 3 is 2.71 bits per heavy atom. The Morgan fingerprint density at radius 1 is 1.29 bits per heavy atom. The maximum atomic E-state index is 13.4. The fourth-order valence-electron chi connectivity index (χ4n) is 1.61. The van der Waals surface area contributed by atoms with Crippen LogP contribution < -0.4 is 5.73 Å². The van der Waals surface area contributed by atoms with Crippen LogP contribution in [0.3, 0.4) is 0 Å². The summed E-state index contributed by atoms with van der Waals surface area (Å²) in [6.45, 7) is 0. The van der Waals surface area contributed by atoms with Gasteiger partial charge in [0.15, 0.2) is 0 Å². The van der Waals surface area contributed by atoms with E-state index in [1.165, 1.54) is 6.07 Å². The third kappa shape index (κ3) is 2.96. The highest BCUT2D eigenvalue weighted by molar-refractivity contribution is 9.10. The zero-order valence-corrected chi connectivity index (χ0v) is 12.8. The normalized spacial score (nSPS) is 12.7. The molecule has 0 fully saturated rings. The Hall–Kier alpha value is -0.230. The quantitative estimate of drug-likeness (QED) is 0.826. The van der Waals surface area contributed by atoms with Crippen molar-refractivity contribution in [2.24, 2.45) is 5.73 Å². The topological polar surface area (TPSA) is 26.0 Å². The van der Waals surface area contributed by atoms with E-state index in [2.05, 4.69) is 31.9 Å². The number of hydrogen-bond acceptors (Lipinski definition) is 2. The molecule has 1 aromatic heterocycles. The third-order valence-electron chi connectivity index (χ3n) is 2.45. The molecule has 0 saturated heterocycles. The summed E-state index contributed by atoms with van der Waals surface area (Å²) in [5.74, 6) is -0.250. The lowest BCUT2D eigenvalue weighted by Gasteiger charge is -2.12. The molecule has 1 aromatic carbocycles. The first-order valence-corrected chi connectivity index (χ1v) is 7.47. The van der Waals surface area contributed by atoms with Gasteiger partial charge in [-0.15, -0.1) is 11.3 Å². The molecule has 0 radical (unpaired) electrons. The number of benzene rings is 1. The Kier molecular flexibility index (Phi) is 4.36. The van der Waals surface area contributed by atoms with E-state index in [1.54, 1.807) is 17.4 Å². The van der Waals surface area contributed by atoms with Crippen LogP contribution in [-0.4, -0.2) is 0 Å². The average molecular weight is 379 g/mol. The first-order chi connectivity index (χ1) is 8.09. The molecular weight excluding hydrogens is 369 g/mol. The van der Waals surface area contributed by atoms with Crippen LogP contribution in [0.1, 0.15) is 16.5 Å². The Morgan fingerprint density at radius 2 is 2.06 bits per heavy atom. The van der Waals surface area contributed by atoms with Gasteiger partial charge >= 0.3 is 0 Å². The van der Waals surface area contributed by atoms with E-state index < -0.39 is 0 Å². The first kappa shape index (κ1) is 13.2. The number of halogens is 3. The predicted molar refractivity (Wildman–Crippen MR) is 76.8 cm³/mol. The van der Waals surface area contributed by atoms with E-state index in [9.17, 15) is 4.39 Å². The largest absolute Gasteiger partial charge is 0.323 e. The molecule has 0 amide bonds. The summed E-state index contributed by atoms with van der Waals surface area (Å²) in [6, 6.07) is 6.86. The highest BCUT2D eigenvalue weighted by Gasteiger charge is 2.14. The fraction of sp³-hybridized carbons (Fsp3) is 0.167. The second-order valence-corrected chi connectivity index (χ2v) is 6.25. The molecule has 0 bridgehead atoms. The zero-order chi connectivity index (χ0) is 12.4. The minimum atomic E-state index is -0.250. The van der Waals surface area contributed by atoms with Gasteiger partial charge in [0.2, 0.25) is 0 Å². The summed E-state index contributed by atoms with van der Waals surface area (Å²) in [5.41, 5.74) is 7.02. The van der Waals surface area contributed by atoms with E-state index >= 15 is 0 Å². The molecule has 2 aromatic rings. The molecule has 2 rings (SSSR count). The number of thiophene rings is 1. The van der Waals surface area contributed by atoms with Gasteiger partial charge in [-0.05, 0) is 61.4 Å². The molecule has 1 unspecified atom stereocenters. The van der Waals surface area contributed by atoms with Crippen LogP contribution >= 0.6 is 43.2 Å². The average Bonchev–Trinajstić information content (AvgIpc) is 2.71. The molecule has 1 nitrogen and oxygen atoms in total. The molecule has 0 aliphatic heterocycles. The van der Waals surface area contributed by atoms with Gasteiger partial charge in [-0.3, -0.25) is 0 Å². The van der Waals surface area contributed by atoms with Crippen LogP contribution in [0.25, 0.3) is 0 Å². The lowest BCUT2D eigenvalue weighted by atomic mass is 10.1. The molecule has 0 spiro atoms. The van der Waals surface area contributed by atoms with Gasteiger partial charge in [-0.2, -0.15) is 0 Å². The molecule has 0 saturated carbocycles. The van der Waals surface area contributed by atoms with Gasteiger partial charge < -0.3 is 5.73 Å². The SMILES string of the molecule is NC(Cc1cccc(F)c1Br)c1sccc1Br. The lowest BCUT2D eigenvalue weighted by Crippen LogP contribution is -2.12. The Balaban J connectivity index is 2.22. The van der Waals surface area contributed by atoms with Crippen LogP contribution in [0.5, 0.6) is 0 Å². The highest BCUT2D eigenvalue weighted by Crippen LogP contribution is 2.31. The van der Waals surface area contributed by atoms with Crippen molar-refractivity contribution in [2.75, 3.05) is 0 Å². The molecule has 0 aliphatic carbocycles. The van der Waals surface area contributed by atoms with Crippen molar-refractivity contribution >= 4 is 43.2 Å². The summed E-state index contributed by atoms with van der Waals surface area (Å²) in [4.78, 5) is 1.08. The van der Waals surface area contributed by atoms with E-state index in [4.69, 9.17) is 5.73 Å². The second kappa shape index (κ2) is 5.61. The second-order valence-electron chi connectivity index (χ2n) is 3.66. The lowest BCUT2D eigenvalue weighted by molar-refractivity contribution is 0.614. The van der Waals surface area contributed by atoms with Crippen molar-refractivity contribution in [3.05, 3.63) is 54.8 Å². The summed E-state index contributed by atoms with van der Waals surface area (Å²) in [7, 11) is 0. The van der Waals surface area contributed by atoms with E-state index in [1.807, 2.05) is 17.5 Å². The smallest absolute Gasteiger partial charge is 0.137 e. The third-order valence-corrected chi connectivity index (χ3v) is 5.34. The van der Waals surface area contributed by atoms with Crippen LogP contribution in [0.2, 0.25) is 0 Å². The maximum Gasteiger partial charge on any atom is 0.137 e. The monoisotopic (exact) mass is 377 g/mol. The summed E-state index contributed by atoms with van der Waals surface area (Å²) in [5, 5.41) is 1.99. The maximum absolute atomic E-state index is 13.4. The molecule has 90 valence electrons. The summed E-state index contributed by atoms with van der Waals surface area (Å²) < 4.78 is 14.9. The van der Waals surface area contributed by atoms with Crippen molar-refractivity contribution in [1.29, 1.82) is 0 Å². The molecule has 1 heterocycles. The van der Waals surface area contributed by atoms with Crippen molar-refractivity contribution in [1.82, 2.24) is 0 Å². The van der Waals surface area contributed by atoms with E-state index in [0.29, 0.717) is 10.9 Å². The minimum Gasteiger partial charge on any atom is -0.323 e. The fourth-order valence-corrected chi connectivity index (χ4v) is 3.70. The molecule has 17 heavy (non-hydrogen) atoms. The van der Waals surface area contributed by atoms with Gasteiger partial charge in [0.05, 0.1) is 4.47 Å². The minimum absolute atomic E-state index is 0.123. The van der Waals surface area contributed by atoms with Gasteiger partial charge in [-0.1, -0.05) is 12.1 Å². The van der Waals surface area contributed by atoms with Crippen LogP contribution in [0.4, 0.5) is 4.39 Å². The summed E-state index contributed by atoms with van der Waals surface area (Å²) >= 11 is 8.32. The van der Waals surface area contributed by atoms with Gasteiger partial charge in [0.1, 0.15) is 5.82 Å². The van der Waals surface area contributed by atoms with Gasteiger partial charge in [0, 0.05) is 15.4 Å². The van der Waals surface area contributed by atoms with Crippen LogP contribution in [0, 0.1) is 5.82 Å². The highest BCUT2D eigenvalue weighted by atomic mass is 79.9. The van der Waals surface area contributed by atoms with Gasteiger partial charge in [0.25, 0.3) is 0 Å². The molecular formula is C12H10Br2FNS. The van der Waals surface area contributed by atoms with Crippen LogP contribution in [0.15, 0.2) is 38.6 Å². The van der Waals surface area contributed by atoms with Crippen molar-refractivity contribution in [2.45, 2.75) is 12.5 Å². The molecule has 5 heteroatoms.